The van der Waals surface area contributed by atoms with Crippen molar-refractivity contribution in [2.45, 2.75) is 135 Å². The highest BCUT2D eigenvalue weighted by molar-refractivity contribution is 5.99. The average molecular weight is 987 g/mol. The van der Waals surface area contributed by atoms with Gasteiger partial charge in [-0.15, -0.1) is 0 Å². The lowest BCUT2D eigenvalue weighted by Crippen LogP contribution is -2.61. The summed E-state index contributed by atoms with van der Waals surface area (Å²) < 4.78 is 1.58. The first kappa shape index (κ1) is 52.8. The van der Waals surface area contributed by atoms with Crippen LogP contribution in [-0.2, 0) is 56.0 Å². The van der Waals surface area contributed by atoms with Crippen LogP contribution in [0.15, 0.2) is 35.7 Å². The summed E-state index contributed by atoms with van der Waals surface area (Å²) in [6.45, 7) is 10.3. The molecular weight excluding hydrogens is 921 g/mol. The maximum Gasteiger partial charge on any atom is 0.326 e. The van der Waals surface area contributed by atoms with E-state index in [2.05, 4.69) is 57.5 Å². The zero-order chi connectivity index (χ0) is 51.8. The van der Waals surface area contributed by atoms with Gasteiger partial charge in [-0.25, -0.2) is 9.78 Å². The lowest BCUT2D eigenvalue weighted by atomic mass is 9.81. The van der Waals surface area contributed by atoms with Gasteiger partial charge in [0.2, 0.25) is 47.3 Å². The van der Waals surface area contributed by atoms with Gasteiger partial charge in [-0.1, -0.05) is 53.7 Å². The zero-order valence-corrected chi connectivity index (χ0v) is 40.7. The molecule has 6 heterocycles. The van der Waals surface area contributed by atoms with Gasteiger partial charge in [0.05, 0.1) is 12.2 Å². The van der Waals surface area contributed by atoms with E-state index < -0.39 is 108 Å². The molecule has 71 heavy (non-hydrogen) atoms. The Morgan fingerprint density at radius 2 is 1.55 bits per heavy atom. The fraction of sp³-hybridized carbons (Fsp3) is 0.553. The summed E-state index contributed by atoms with van der Waals surface area (Å²) in [6.07, 6.45) is 3.13. The van der Waals surface area contributed by atoms with Crippen LogP contribution in [0.4, 0.5) is 0 Å². The number of benzene rings is 1. The summed E-state index contributed by atoms with van der Waals surface area (Å²) >= 11 is 0. The molecule has 3 aromatic rings. The van der Waals surface area contributed by atoms with Gasteiger partial charge in [0.1, 0.15) is 54.4 Å². The number of carbonyl (C=O) groups is 9. The van der Waals surface area contributed by atoms with E-state index in [0.29, 0.717) is 27.8 Å². The monoisotopic (exact) mass is 987 g/mol. The quantitative estimate of drug-likeness (QED) is 0.0444. The SMILES string of the molecule is CC(C)C[C@H]1NC(=O)[C@H](NC(=O)[C@@H]2CCC(=O)N2)[C@@H](C(C)C)c2ccc3c4c([nH]c3c2)-n2cnc(c2)C[C@@H](C(=O)O)NC(=O)CNC(=O)[C@@H](CCCN=C(N)N)NC(=O)[C@H](C4)NC(=O)[C@@H](C(C)C)NC1=O. The molecule has 8 amide bonds. The summed E-state index contributed by atoms with van der Waals surface area (Å²) in [6, 6.07) is -3.50. The normalized spacial score (nSPS) is 24.9. The number of H-pyrrole nitrogens is 1. The molecule has 2 aromatic heterocycles. The van der Waals surface area contributed by atoms with Gasteiger partial charge >= 0.3 is 5.97 Å². The number of rotatable bonds is 11. The molecule has 0 aliphatic carbocycles. The van der Waals surface area contributed by atoms with Gasteiger partial charge in [-0.3, -0.25) is 47.9 Å². The lowest BCUT2D eigenvalue weighted by Gasteiger charge is -2.33. The molecule has 0 saturated carbocycles. The number of aromatic amines is 1. The molecule has 1 fully saturated rings. The number of hydrogen-bond acceptors (Lipinski definition) is 11. The third-order valence-corrected chi connectivity index (χ3v) is 12.8. The number of hydrogen-bond donors (Lipinski definition) is 12. The number of aromatic nitrogens is 3. The molecule has 0 spiro atoms. The van der Waals surface area contributed by atoms with Crippen molar-refractivity contribution in [3.8, 4) is 5.82 Å². The van der Waals surface area contributed by atoms with Crippen LogP contribution in [-0.4, -0.2) is 134 Å². The van der Waals surface area contributed by atoms with Crippen LogP contribution < -0.4 is 54.0 Å². The first-order chi connectivity index (χ1) is 33.6. The Labute approximate surface area is 409 Å². The Hall–Kier alpha value is -7.53. The molecule has 24 nitrogen and oxygen atoms in total. The highest BCUT2D eigenvalue weighted by Gasteiger charge is 2.40. The third kappa shape index (κ3) is 13.2. The first-order valence-electron chi connectivity index (χ1n) is 23.9. The molecule has 0 unspecified atom stereocenters. The second kappa shape index (κ2) is 22.9. The molecule has 384 valence electrons. The Morgan fingerprint density at radius 3 is 2.20 bits per heavy atom. The van der Waals surface area contributed by atoms with Crippen molar-refractivity contribution < 1.29 is 48.3 Å². The van der Waals surface area contributed by atoms with E-state index in [1.165, 1.54) is 6.33 Å². The van der Waals surface area contributed by atoms with Crippen LogP contribution in [0.1, 0.15) is 96.4 Å². The van der Waals surface area contributed by atoms with E-state index in [1.807, 2.05) is 27.7 Å². The van der Waals surface area contributed by atoms with Crippen molar-refractivity contribution in [1.29, 1.82) is 0 Å². The smallest absolute Gasteiger partial charge is 0.326 e. The Bertz CT molecular complexity index is 2560. The Balaban J connectivity index is 1.57. The Morgan fingerprint density at radius 1 is 0.831 bits per heavy atom. The van der Waals surface area contributed by atoms with Gasteiger partial charge in [-0.2, -0.15) is 0 Å². The molecule has 1 saturated heterocycles. The largest absolute Gasteiger partial charge is 0.480 e. The summed E-state index contributed by atoms with van der Waals surface area (Å²) in [5.41, 5.74) is 12.8. The number of amides is 8. The lowest BCUT2D eigenvalue weighted by molar-refractivity contribution is -0.141. The molecule has 24 heteroatoms. The standard InChI is InChI=1S/C47H66N14O10/c1-21(2)14-31-43(67)59-37(23(5)6)44(68)58-32-17-27-26-10-9-24(36(22(3)4)38(45(69)57-31)60-41(65)29-11-12-34(62)53-29)15-30(26)55-39(27)61-19-25(52-20-61)16-33(46(70)71)54-35(63)18-51-40(64)28(56-42(32)66)8-7-13-50-47(48)49/h9-10,15,19-23,28-29,31-33,36-38,55H,7-8,11-14,16-18H2,1-6H3,(H,51,64)(H,53,62)(H,54,63)(H,56,66)(H,57,69)(H,58,68)(H,59,67)(H,60,65)(H,70,71)(H4,48,49,50)/t28-,29+,31-,32+,33+,36+,37-,38-/m1/s1. The molecule has 1 aromatic carbocycles. The molecular formula is C47H66N14O10. The van der Waals surface area contributed by atoms with Crippen molar-refractivity contribution >= 4 is 70.1 Å². The van der Waals surface area contributed by atoms with Crippen LogP contribution in [0.3, 0.4) is 0 Å². The number of nitrogens with zero attached hydrogens (tertiary/aromatic N) is 3. The number of aliphatic imine (C=N–C) groups is 1. The number of aliphatic carboxylic acids is 1. The number of carbonyl (C=O) groups excluding carboxylic acids is 8. The predicted octanol–water partition coefficient (Wildman–Crippen LogP) is -1.65. The highest BCUT2D eigenvalue weighted by atomic mass is 16.4. The summed E-state index contributed by atoms with van der Waals surface area (Å²) in [4.78, 5) is 136. The van der Waals surface area contributed by atoms with Crippen molar-refractivity contribution in [3.63, 3.8) is 0 Å². The van der Waals surface area contributed by atoms with E-state index in [1.54, 1.807) is 42.8 Å². The van der Waals surface area contributed by atoms with Crippen molar-refractivity contribution in [3.05, 3.63) is 47.5 Å². The van der Waals surface area contributed by atoms with Crippen LogP contribution in [0.25, 0.3) is 16.7 Å². The number of carboxylic acid groups (broad SMARTS) is 1. The predicted molar refractivity (Wildman–Crippen MR) is 258 cm³/mol. The van der Waals surface area contributed by atoms with E-state index >= 15 is 0 Å². The molecule has 7 bridgehead atoms. The minimum Gasteiger partial charge on any atom is -0.480 e. The number of imidazole rings is 1. The second-order valence-corrected chi connectivity index (χ2v) is 19.5. The molecule has 8 atom stereocenters. The third-order valence-electron chi connectivity index (χ3n) is 12.8. The van der Waals surface area contributed by atoms with Crippen LogP contribution in [0.2, 0.25) is 0 Å². The fourth-order valence-electron chi connectivity index (χ4n) is 9.25. The van der Waals surface area contributed by atoms with Gasteiger partial charge in [0, 0.05) is 54.4 Å². The minimum atomic E-state index is -1.46. The first-order valence-corrected chi connectivity index (χ1v) is 23.9. The number of nitrogens with two attached hydrogens (primary N) is 2. The van der Waals surface area contributed by atoms with Crippen LogP contribution in [0, 0.1) is 17.8 Å². The van der Waals surface area contributed by atoms with Gasteiger partial charge in [0.25, 0.3) is 0 Å². The van der Waals surface area contributed by atoms with Crippen molar-refractivity contribution in [1.82, 2.24) is 57.1 Å². The fourth-order valence-corrected chi connectivity index (χ4v) is 9.25. The molecule has 4 aliphatic rings. The number of carboxylic acids is 1. The van der Waals surface area contributed by atoms with Gasteiger partial charge in [0.15, 0.2) is 5.96 Å². The van der Waals surface area contributed by atoms with Crippen LogP contribution >= 0.6 is 0 Å². The number of nitrogens with one attached hydrogen (secondary N) is 9. The highest BCUT2D eigenvalue weighted by Crippen LogP contribution is 2.35. The Kier molecular flexibility index (Phi) is 17.1. The van der Waals surface area contributed by atoms with Crippen molar-refractivity contribution in [2.24, 2.45) is 34.2 Å². The summed E-state index contributed by atoms with van der Waals surface area (Å²) in [7, 11) is 0. The zero-order valence-electron chi connectivity index (χ0n) is 40.7. The summed E-state index contributed by atoms with van der Waals surface area (Å²) in [5, 5.41) is 32.4. The van der Waals surface area contributed by atoms with Gasteiger partial charge in [-0.05, 0) is 55.1 Å². The summed E-state index contributed by atoms with van der Waals surface area (Å²) in [5.74, 6) is -8.44. The minimum absolute atomic E-state index is 0.0333. The number of fused-ring (bicyclic) bond motifs is 13. The average Bonchev–Trinajstić information content (AvgIpc) is 4.04. The maximum absolute atomic E-state index is 14.8. The second-order valence-electron chi connectivity index (χ2n) is 19.5. The van der Waals surface area contributed by atoms with E-state index in [0.717, 1.165) is 0 Å². The van der Waals surface area contributed by atoms with Crippen molar-refractivity contribution in [2.75, 3.05) is 13.1 Å². The topological polar surface area (TPSA) is 368 Å². The molecule has 4 aliphatic heterocycles. The van der Waals surface area contributed by atoms with Crippen LogP contribution in [0.5, 0.6) is 0 Å². The molecule has 0 radical (unpaired) electrons. The van der Waals surface area contributed by atoms with E-state index in [-0.39, 0.29) is 80.9 Å². The van der Waals surface area contributed by atoms with E-state index in [9.17, 15) is 48.3 Å². The van der Waals surface area contributed by atoms with E-state index in [4.69, 9.17) is 11.5 Å². The molecule has 14 N–H and O–H groups in total. The maximum atomic E-state index is 14.8. The molecule has 7 rings (SSSR count). The van der Waals surface area contributed by atoms with Gasteiger partial charge < -0.3 is 64.1 Å². The number of guanidine groups is 1.